The van der Waals surface area contributed by atoms with Crippen LogP contribution in [0.1, 0.15) is 31.4 Å². The van der Waals surface area contributed by atoms with Crippen molar-refractivity contribution in [2.75, 3.05) is 25.1 Å². The van der Waals surface area contributed by atoms with Crippen molar-refractivity contribution in [3.63, 3.8) is 0 Å². The highest BCUT2D eigenvalue weighted by Crippen LogP contribution is 2.31. The molecule has 100 valence electrons. The van der Waals surface area contributed by atoms with Gasteiger partial charge in [-0.1, -0.05) is 6.07 Å². The van der Waals surface area contributed by atoms with E-state index in [0.29, 0.717) is 11.7 Å². The van der Waals surface area contributed by atoms with Gasteiger partial charge in [0, 0.05) is 31.5 Å². The fraction of sp³-hybridized carbons (Fsp3) is 0.571. The van der Waals surface area contributed by atoms with Gasteiger partial charge in [-0.15, -0.1) is 0 Å². The molecule has 1 aliphatic heterocycles. The Kier molecular flexibility index (Phi) is 4.19. The minimum Gasteiger partial charge on any atom is -0.389 e. The van der Waals surface area contributed by atoms with Crippen LogP contribution in [0.15, 0.2) is 18.2 Å². The molecule has 1 aromatic carbocycles. The topological polar surface area (TPSA) is 32.7 Å². The van der Waals surface area contributed by atoms with Crippen LogP contribution in [-0.4, -0.2) is 31.4 Å². The fourth-order valence-electron chi connectivity index (χ4n) is 2.55. The number of anilines is 1. The summed E-state index contributed by atoms with van der Waals surface area (Å²) >= 11 is 0. The summed E-state index contributed by atoms with van der Waals surface area (Å²) < 4.78 is 19.1. The van der Waals surface area contributed by atoms with Crippen molar-refractivity contribution in [1.82, 2.24) is 0 Å². The molecular formula is C14H20FNO2. The Labute approximate surface area is 107 Å². The largest absolute Gasteiger partial charge is 0.389 e. The van der Waals surface area contributed by atoms with Crippen LogP contribution in [0.5, 0.6) is 0 Å². The van der Waals surface area contributed by atoms with Crippen LogP contribution >= 0.6 is 0 Å². The van der Waals surface area contributed by atoms with E-state index < -0.39 is 6.10 Å². The van der Waals surface area contributed by atoms with Gasteiger partial charge in [-0.3, -0.25) is 0 Å². The lowest BCUT2D eigenvalue weighted by atomic mass is 10.0. The molecule has 0 aliphatic carbocycles. The van der Waals surface area contributed by atoms with Gasteiger partial charge in [-0.05, 0) is 31.9 Å². The summed E-state index contributed by atoms with van der Waals surface area (Å²) in [6.45, 7) is 3.27. The second kappa shape index (κ2) is 5.67. The molecule has 4 heteroatoms. The molecule has 3 nitrogen and oxygen atoms in total. The molecule has 1 aliphatic rings. The zero-order valence-electron chi connectivity index (χ0n) is 10.9. The number of rotatable bonds is 3. The standard InChI is InChI=1S/C14H20FNO2/c1-10(17)14-12(15)4-3-5-13(14)16-8-6-11(18-2)7-9-16/h3-5,10-11,17H,6-9H2,1-2H3/t10-/m0/s1. The number of hydrogen-bond acceptors (Lipinski definition) is 3. The molecule has 1 atom stereocenters. The highest BCUT2D eigenvalue weighted by molar-refractivity contribution is 5.55. The zero-order valence-corrected chi connectivity index (χ0v) is 10.9. The summed E-state index contributed by atoms with van der Waals surface area (Å²) in [6, 6.07) is 4.96. The van der Waals surface area contributed by atoms with Crippen LogP contribution in [0.2, 0.25) is 0 Å². The van der Waals surface area contributed by atoms with Crippen LogP contribution < -0.4 is 4.90 Å². The Morgan fingerprint density at radius 1 is 1.39 bits per heavy atom. The zero-order chi connectivity index (χ0) is 13.1. The lowest BCUT2D eigenvalue weighted by Crippen LogP contribution is -2.37. The summed E-state index contributed by atoms with van der Waals surface area (Å²) in [5.74, 6) is -0.337. The molecule has 0 radical (unpaired) electrons. The molecule has 0 unspecified atom stereocenters. The van der Waals surface area contributed by atoms with Crippen LogP contribution in [0.4, 0.5) is 10.1 Å². The molecule has 0 bridgehead atoms. The second-order valence-corrected chi connectivity index (χ2v) is 4.77. The third-order valence-corrected chi connectivity index (χ3v) is 3.56. The van der Waals surface area contributed by atoms with Crippen molar-refractivity contribution in [2.45, 2.75) is 32.0 Å². The van der Waals surface area contributed by atoms with Crippen LogP contribution in [0, 0.1) is 5.82 Å². The smallest absolute Gasteiger partial charge is 0.131 e. The average Bonchev–Trinajstić information content (AvgIpc) is 2.38. The quantitative estimate of drug-likeness (QED) is 0.898. The molecule has 1 N–H and O–H groups in total. The predicted octanol–water partition coefficient (Wildman–Crippen LogP) is 2.49. The van der Waals surface area contributed by atoms with Crippen molar-refractivity contribution in [3.05, 3.63) is 29.6 Å². The first kappa shape index (κ1) is 13.3. The number of piperidine rings is 1. The highest BCUT2D eigenvalue weighted by atomic mass is 19.1. The number of halogens is 1. The van der Waals surface area contributed by atoms with Crippen molar-refractivity contribution < 1.29 is 14.2 Å². The minimum absolute atomic E-state index is 0.296. The molecule has 1 saturated heterocycles. The third-order valence-electron chi connectivity index (χ3n) is 3.56. The lowest BCUT2D eigenvalue weighted by Gasteiger charge is -2.34. The third kappa shape index (κ3) is 2.65. The van der Waals surface area contributed by atoms with Gasteiger partial charge in [0.05, 0.1) is 12.2 Å². The molecule has 0 aromatic heterocycles. The molecule has 0 saturated carbocycles. The van der Waals surface area contributed by atoms with E-state index in [-0.39, 0.29) is 5.82 Å². The van der Waals surface area contributed by atoms with Gasteiger partial charge in [0.1, 0.15) is 5.82 Å². The number of nitrogens with zero attached hydrogens (tertiary/aromatic N) is 1. The molecule has 0 amide bonds. The number of aliphatic hydroxyl groups is 1. The molecule has 1 fully saturated rings. The van der Waals surface area contributed by atoms with Gasteiger partial charge in [-0.2, -0.15) is 0 Å². The maximum absolute atomic E-state index is 13.8. The average molecular weight is 253 g/mol. The Morgan fingerprint density at radius 3 is 2.61 bits per heavy atom. The van der Waals surface area contributed by atoms with E-state index in [2.05, 4.69) is 4.90 Å². The summed E-state index contributed by atoms with van der Waals surface area (Å²) in [5, 5.41) is 9.72. The summed E-state index contributed by atoms with van der Waals surface area (Å²) in [5.41, 5.74) is 1.20. The van der Waals surface area contributed by atoms with Gasteiger partial charge in [0.25, 0.3) is 0 Å². The molecule has 18 heavy (non-hydrogen) atoms. The van der Waals surface area contributed by atoms with Gasteiger partial charge < -0.3 is 14.7 Å². The Balaban J connectivity index is 2.21. The molecular weight excluding hydrogens is 233 g/mol. The molecule has 2 rings (SSSR count). The van der Waals surface area contributed by atoms with Crippen LogP contribution in [0.25, 0.3) is 0 Å². The first-order valence-corrected chi connectivity index (χ1v) is 6.37. The normalized spacial score (nSPS) is 19.0. The monoisotopic (exact) mass is 253 g/mol. The van der Waals surface area contributed by atoms with Gasteiger partial charge in [0.15, 0.2) is 0 Å². The number of benzene rings is 1. The Hall–Kier alpha value is -1.13. The van der Waals surface area contributed by atoms with Crippen molar-refractivity contribution in [1.29, 1.82) is 0 Å². The number of methoxy groups -OCH3 is 1. The maximum atomic E-state index is 13.8. The Bertz CT molecular complexity index is 401. The van der Waals surface area contributed by atoms with E-state index in [1.165, 1.54) is 6.07 Å². The number of ether oxygens (including phenoxy) is 1. The van der Waals surface area contributed by atoms with Crippen molar-refractivity contribution >= 4 is 5.69 Å². The first-order valence-electron chi connectivity index (χ1n) is 6.37. The van der Waals surface area contributed by atoms with Gasteiger partial charge in [-0.25, -0.2) is 4.39 Å². The summed E-state index contributed by atoms with van der Waals surface area (Å²) in [6.07, 6.45) is 1.38. The Morgan fingerprint density at radius 2 is 2.06 bits per heavy atom. The second-order valence-electron chi connectivity index (χ2n) is 4.77. The van der Waals surface area contributed by atoms with Gasteiger partial charge in [0.2, 0.25) is 0 Å². The fourth-order valence-corrected chi connectivity index (χ4v) is 2.55. The van der Waals surface area contributed by atoms with Crippen LogP contribution in [0.3, 0.4) is 0 Å². The van der Waals surface area contributed by atoms with E-state index in [0.717, 1.165) is 31.6 Å². The molecule has 1 heterocycles. The van der Waals surface area contributed by atoms with E-state index in [4.69, 9.17) is 4.74 Å². The van der Waals surface area contributed by atoms with Crippen LogP contribution in [-0.2, 0) is 4.74 Å². The van der Waals surface area contributed by atoms with E-state index >= 15 is 0 Å². The summed E-state index contributed by atoms with van der Waals surface area (Å²) in [4.78, 5) is 2.13. The predicted molar refractivity (Wildman–Crippen MR) is 69.3 cm³/mol. The van der Waals surface area contributed by atoms with Crippen molar-refractivity contribution in [3.8, 4) is 0 Å². The van der Waals surface area contributed by atoms with Gasteiger partial charge >= 0.3 is 0 Å². The summed E-state index contributed by atoms with van der Waals surface area (Å²) in [7, 11) is 1.73. The number of hydrogen-bond donors (Lipinski definition) is 1. The first-order chi connectivity index (χ1) is 8.63. The van der Waals surface area contributed by atoms with E-state index in [9.17, 15) is 9.50 Å². The molecule has 0 spiro atoms. The van der Waals surface area contributed by atoms with E-state index in [1.54, 1.807) is 20.1 Å². The SMILES string of the molecule is COC1CCN(c2cccc(F)c2[C@H](C)O)CC1. The minimum atomic E-state index is -0.790. The molecule has 1 aromatic rings. The highest BCUT2D eigenvalue weighted by Gasteiger charge is 2.23. The maximum Gasteiger partial charge on any atom is 0.131 e. The van der Waals surface area contributed by atoms with E-state index in [1.807, 2.05) is 6.07 Å². The number of aliphatic hydroxyl groups excluding tert-OH is 1. The van der Waals surface area contributed by atoms with Crippen molar-refractivity contribution in [2.24, 2.45) is 0 Å². The lowest BCUT2D eigenvalue weighted by molar-refractivity contribution is 0.0818.